The van der Waals surface area contributed by atoms with Gasteiger partial charge in [-0.1, -0.05) is 13.0 Å². The smallest absolute Gasteiger partial charge is 0.317 e. The van der Waals surface area contributed by atoms with E-state index in [1.807, 2.05) is 36.9 Å². The number of likely N-dealkylation sites (tertiary alicyclic amines) is 1. The molecule has 8 heteroatoms. The van der Waals surface area contributed by atoms with Gasteiger partial charge < -0.3 is 25.3 Å². The zero-order chi connectivity index (χ0) is 18.5. The van der Waals surface area contributed by atoms with Gasteiger partial charge in [0.05, 0.1) is 12.5 Å². The van der Waals surface area contributed by atoms with Gasteiger partial charge in [0.25, 0.3) is 0 Å². The molecule has 1 aliphatic heterocycles. The predicted molar refractivity (Wildman–Crippen MR) is 97.8 cm³/mol. The fourth-order valence-electron chi connectivity index (χ4n) is 3.10. The number of imidazole rings is 1. The first kappa shape index (κ1) is 18.2. The van der Waals surface area contributed by atoms with E-state index in [1.165, 1.54) is 0 Å². The van der Waals surface area contributed by atoms with Crippen molar-refractivity contribution >= 4 is 6.03 Å². The van der Waals surface area contributed by atoms with Crippen LogP contribution in [0.4, 0.5) is 4.79 Å². The molecule has 2 atom stereocenters. The Kier molecular flexibility index (Phi) is 5.72. The normalized spacial score (nSPS) is 19.6. The van der Waals surface area contributed by atoms with Gasteiger partial charge in [0.15, 0.2) is 0 Å². The van der Waals surface area contributed by atoms with Crippen LogP contribution >= 0.6 is 0 Å². The van der Waals surface area contributed by atoms with Gasteiger partial charge in [-0.05, 0) is 12.0 Å². The quantitative estimate of drug-likeness (QED) is 0.809. The molecule has 2 aromatic rings. The summed E-state index contributed by atoms with van der Waals surface area (Å²) in [6.07, 6.45) is 6.31. The number of urea groups is 1. The number of carbonyl (C=O) groups is 1. The minimum absolute atomic E-state index is 0.0532. The molecule has 26 heavy (non-hydrogen) atoms. The Balaban J connectivity index is 1.52. The SMILES string of the molecule is CCCOc1ccc(CNC(=O)N2C[C@@H](N)[C@H](c3nccn3C)C2)cn1. The summed E-state index contributed by atoms with van der Waals surface area (Å²) in [5, 5.41) is 2.93. The first-order valence-electron chi connectivity index (χ1n) is 8.91. The van der Waals surface area contributed by atoms with Crippen molar-refractivity contribution in [3.05, 3.63) is 42.1 Å². The molecular weight excluding hydrogens is 332 g/mol. The first-order chi connectivity index (χ1) is 12.6. The molecule has 1 aliphatic rings. The number of hydrogen-bond donors (Lipinski definition) is 2. The van der Waals surface area contributed by atoms with Crippen LogP contribution in [0.25, 0.3) is 0 Å². The summed E-state index contributed by atoms with van der Waals surface area (Å²) in [6, 6.07) is 3.49. The Morgan fingerprint density at radius 1 is 1.38 bits per heavy atom. The number of nitrogens with one attached hydrogen (secondary N) is 1. The van der Waals surface area contributed by atoms with E-state index < -0.39 is 0 Å². The molecule has 0 bridgehead atoms. The van der Waals surface area contributed by atoms with Gasteiger partial charge in [0, 0.05) is 57.4 Å². The molecule has 8 nitrogen and oxygen atoms in total. The van der Waals surface area contributed by atoms with Gasteiger partial charge in [-0.15, -0.1) is 0 Å². The molecule has 3 rings (SSSR count). The van der Waals surface area contributed by atoms with Crippen LogP contribution in [0, 0.1) is 0 Å². The minimum Gasteiger partial charge on any atom is -0.478 e. The molecule has 3 N–H and O–H groups in total. The number of amides is 2. The van der Waals surface area contributed by atoms with Gasteiger partial charge in [-0.25, -0.2) is 14.8 Å². The molecule has 140 valence electrons. The summed E-state index contributed by atoms with van der Waals surface area (Å²) in [5.74, 6) is 1.57. The lowest BCUT2D eigenvalue weighted by molar-refractivity contribution is 0.207. The summed E-state index contributed by atoms with van der Waals surface area (Å²) in [4.78, 5) is 22.8. The Labute approximate surface area is 153 Å². The van der Waals surface area contributed by atoms with Crippen molar-refractivity contribution in [1.82, 2.24) is 24.8 Å². The number of nitrogens with two attached hydrogens (primary N) is 1. The van der Waals surface area contributed by atoms with E-state index in [1.54, 1.807) is 17.3 Å². The fourth-order valence-corrected chi connectivity index (χ4v) is 3.10. The third kappa shape index (κ3) is 4.13. The van der Waals surface area contributed by atoms with Gasteiger partial charge in [-0.2, -0.15) is 0 Å². The van der Waals surface area contributed by atoms with E-state index in [9.17, 15) is 4.79 Å². The van der Waals surface area contributed by atoms with Crippen LogP contribution in [0.2, 0.25) is 0 Å². The van der Waals surface area contributed by atoms with Gasteiger partial charge in [0.2, 0.25) is 5.88 Å². The number of rotatable bonds is 6. The summed E-state index contributed by atoms with van der Waals surface area (Å²) < 4.78 is 7.42. The third-order valence-electron chi connectivity index (χ3n) is 4.54. The number of pyridine rings is 1. The highest BCUT2D eigenvalue weighted by atomic mass is 16.5. The van der Waals surface area contributed by atoms with E-state index in [-0.39, 0.29) is 18.0 Å². The highest BCUT2D eigenvalue weighted by molar-refractivity contribution is 5.74. The molecule has 2 amide bonds. The molecule has 3 heterocycles. The van der Waals surface area contributed by atoms with Crippen molar-refractivity contribution in [3.63, 3.8) is 0 Å². The number of aryl methyl sites for hydroxylation is 1. The first-order valence-corrected chi connectivity index (χ1v) is 8.91. The predicted octanol–water partition coefficient (Wildman–Crippen LogP) is 1.24. The fraction of sp³-hybridized carbons (Fsp3) is 0.500. The lowest BCUT2D eigenvalue weighted by Gasteiger charge is -2.17. The Morgan fingerprint density at radius 2 is 2.23 bits per heavy atom. The summed E-state index contributed by atoms with van der Waals surface area (Å²) in [7, 11) is 1.94. The van der Waals surface area contributed by atoms with Crippen molar-refractivity contribution in [2.45, 2.75) is 31.8 Å². The largest absolute Gasteiger partial charge is 0.478 e. The summed E-state index contributed by atoms with van der Waals surface area (Å²) in [5.41, 5.74) is 7.15. The van der Waals surface area contributed by atoms with Crippen LogP contribution in [0.1, 0.15) is 30.7 Å². The maximum absolute atomic E-state index is 12.5. The second-order valence-electron chi connectivity index (χ2n) is 6.58. The molecule has 1 fully saturated rings. The molecule has 0 aromatic carbocycles. The molecule has 0 aliphatic carbocycles. The van der Waals surface area contributed by atoms with Crippen molar-refractivity contribution < 1.29 is 9.53 Å². The van der Waals surface area contributed by atoms with Gasteiger partial charge in [-0.3, -0.25) is 0 Å². The van der Waals surface area contributed by atoms with E-state index in [2.05, 4.69) is 15.3 Å². The van der Waals surface area contributed by atoms with Crippen molar-refractivity contribution in [3.8, 4) is 5.88 Å². The standard InChI is InChI=1S/C18H26N6O2/c1-3-8-26-16-5-4-13(9-21-16)10-22-18(25)24-11-14(15(19)12-24)17-20-6-7-23(17)2/h4-7,9,14-15H,3,8,10-12,19H2,1-2H3,(H,22,25)/t14-,15-/m1/s1. The Morgan fingerprint density at radius 3 is 2.88 bits per heavy atom. The highest BCUT2D eigenvalue weighted by Crippen LogP contribution is 2.25. The van der Waals surface area contributed by atoms with Crippen LogP contribution in [-0.2, 0) is 13.6 Å². The number of carbonyl (C=O) groups excluding carboxylic acids is 1. The van der Waals surface area contributed by atoms with Crippen LogP contribution < -0.4 is 15.8 Å². The van der Waals surface area contributed by atoms with Crippen LogP contribution in [0.3, 0.4) is 0 Å². The van der Waals surface area contributed by atoms with Crippen molar-refractivity contribution in [2.75, 3.05) is 19.7 Å². The van der Waals surface area contributed by atoms with E-state index >= 15 is 0 Å². The topological polar surface area (TPSA) is 98.3 Å². The maximum atomic E-state index is 12.5. The minimum atomic E-state index is -0.122. The Hall–Kier alpha value is -2.61. The number of hydrogen-bond acceptors (Lipinski definition) is 5. The average molecular weight is 358 g/mol. The van der Waals surface area contributed by atoms with E-state index in [0.717, 1.165) is 17.8 Å². The number of nitrogens with zero attached hydrogens (tertiary/aromatic N) is 4. The van der Waals surface area contributed by atoms with Crippen molar-refractivity contribution in [1.29, 1.82) is 0 Å². The molecule has 0 unspecified atom stereocenters. The molecule has 2 aromatic heterocycles. The molecule has 0 saturated carbocycles. The van der Waals surface area contributed by atoms with E-state index in [0.29, 0.717) is 32.1 Å². The van der Waals surface area contributed by atoms with Crippen molar-refractivity contribution in [2.24, 2.45) is 12.8 Å². The molecule has 1 saturated heterocycles. The average Bonchev–Trinajstić information content (AvgIpc) is 3.24. The lowest BCUT2D eigenvalue weighted by Crippen LogP contribution is -2.39. The number of ether oxygens (including phenoxy) is 1. The Bertz CT molecular complexity index is 730. The van der Waals surface area contributed by atoms with Crippen LogP contribution in [-0.4, -0.2) is 51.2 Å². The lowest BCUT2D eigenvalue weighted by atomic mass is 10.0. The molecular formula is C18H26N6O2. The number of aromatic nitrogens is 3. The third-order valence-corrected chi connectivity index (χ3v) is 4.54. The highest BCUT2D eigenvalue weighted by Gasteiger charge is 2.35. The van der Waals surface area contributed by atoms with Gasteiger partial charge >= 0.3 is 6.03 Å². The second kappa shape index (κ2) is 8.18. The molecule has 0 radical (unpaired) electrons. The second-order valence-corrected chi connectivity index (χ2v) is 6.58. The van der Waals surface area contributed by atoms with Gasteiger partial charge in [0.1, 0.15) is 5.82 Å². The zero-order valence-electron chi connectivity index (χ0n) is 15.3. The van der Waals surface area contributed by atoms with Crippen LogP contribution in [0.5, 0.6) is 5.88 Å². The zero-order valence-corrected chi connectivity index (χ0v) is 15.3. The van der Waals surface area contributed by atoms with Crippen LogP contribution in [0.15, 0.2) is 30.7 Å². The summed E-state index contributed by atoms with van der Waals surface area (Å²) >= 11 is 0. The summed E-state index contributed by atoms with van der Waals surface area (Å²) in [6.45, 7) is 4.20. The van der Waals surface area contributed by atoms with E-state index in [4.69, 9.17) is 10.5 Å². The monoisotopic (exact) mass is 358 g/mol. The maximum Gasteiger partial charge on any atom is 0.317 e. The molecule has 0 spiro atoms.